The second-order valence-corrected chi connectivity index (χ2v) is 5.15. The molecule has 0 aliphatic heterocycles. The molecule has 72 valence electrons. The first-order chi connectivity index (χ1) is 6.27. The summed E-state index contributed by atoms with van der Waals surface area (Å²) in [5.74, 6) is 0. The van der Waals surface area contributed by atoms with E-state index in [-0.39, 0.29) is 0 Å². The fourth-order valence-corrected chi connectivity index (χ4v) is 3.46. The molecular weight excluding hydrogens is 202 g/mol. The average Bonchev–Trinajstić information content (AvgIpc) is 2.44. The molecule has 1 nitrogen and oxygen atoms in total. The molecule has 0 aromatic carbocycles. The van der Waals surface area contributed by atoms with E-state index in [1.54, 1.807) is 11.3 Å². The van der Waals surface area contributed by atoms with Crippen molar-refractivity contribution in [2.24, 2.45) is 5.73 Å². The van der Waals surface area contributed by atoms with Crippen LogP contribution in [0.4, 0.5) is 0 Å². The summed E-state index contributed by atoms with van der Waals surface area (Å²) < 4.78 is 0. The molecule has 13 heavy (non-hydrogen) atoms. The van der Waals surface area contributed by atoms with Crippen molar-refractivity contribution < 1.29 is 0 Å². The standard InChI is InChI=1S/C10H14ClNS/c11-8-6-9(13-7-8)10(4-5-12)2-1-3-10/h6-7H,1-5,12H2. The normalized spacial score (nSPS) is 19.8. The lowest BCUT2D eigenvalue weighted by Gasteiger charge is -2.41. The monoisotopic (exact) mass is 215 g/mol. The Kier molecular flexibility index (Phi) is 2.63. The number of halogens is 1. The van der Waals surface area contributed by atoms with E-state index in [0.717, 1.165) is 18.0 Å². The second-order valence-electron chi connectivity index (χ2n) is 3.80. The number of thiophene rings is 1. The third-order valence-electron chi connectivity index (χ3n) is 3.02. The van der Waals surface area contributed by atoms with Crippen molar-refractivity contribution in [3.05, 3.63) is 21.3 Å². The minimum atomic E-state index is 0.395. The van der Waals surface area contributed by atoms with Gasteiger partial charge in [0.05, 0.1) is 5.02 Å². The lowest BCUT2D eigenvalue weighted by molar-refractivity contribution is 0.235. The molecule has 1 aliphatic carbocycles. The van der Waals surface area contributed by atoms with Crippen molar-refractivity contribution in [2.45, 2.75) is 31.1 Å². The van der Waals surface area contributed by atoms with E-state index in [2.05, 4.69) is 6.07 Å². The van der Waals surface area contributed by atoms with E-state index in [9.17, 15) is 0 Å². The highest BCUT2D eigenvalue weighted by Gasteiger charge is 2.38. The van der Waals surface area contributed by atoms with Crippen LogP contribution >= 0.6 is 22.9 Å². The Morgan fingerprint density at radius 2 is 2.31 bits per heavy atom. The van der Waals surface area contributed by atoms with Crippen LogP contribution < -0.4 is 5.73 Å². The van der Waals surface area contributed by atoms with Gasteiger partial charge in [-0.05, 0) is 31.9 Å². The molecule has 0 bridgehead atoms. The minimum Gasteiger partial charge on any atom is -0.330 e. The Balaban J connectivity index is 2.21. The molecule has 1 aliphatic rings. The molecule has 0 spiro atoms. The SMILES string of the molecule is NCCC1(c2cc(Cl)cs2)CCC1. The summed E-state index contributed by atoms with van der Waals surface area (Å²) in [6.45, 7) is 0.787. The van der Waals surface area contributed by atoms with E-state index in [0.29, 0.717) is 5.41 Å². The summed E-state index contributed by atoms with van der Waals surface area (Å²) in [6, 6.07) is 2.11. The van der Waals surface area contributed by atoms with E-state index < -0.39 is 0 Å². The van der Waals surface area contributed by atoms with Gasteiger partial charge in [0.1, 0.15) is 0 Å². The first-order valence-electron chi connectivity index (χ1n) is 4.71. The van der Waals surface area contributed by atoms with Gasteiger partial charge >= 0.3 is 0 Å². The molecule has 0 radical (unpaired) electrons. The molecule has 0 atom stereocenters. The summed E-state index contributed by atoms with van der Waals surface area (Å²) in [5, 5.41) is 2.90. The molecule has 1 saturated carbocycles. The Hall–Kier alpha value is -0.0500. The van der Waals surface area contributed by atoms with E-state index in [4.69, 9.17) is 17.3 Å². The largest absolute Gasteiger partial charge is 0.330 e. The van der Waals surface area contributed by atoms with Crippen LogP contribution in [-0.4, -0.2) is 6.54 Å². The van der Waals surface area contributed by atoms with E-state index >= 15 is 0 Å². The fraction of sp³-hybridized carbons (Fsp3) is 0.600. The summed E-state index contributed by atoms with van der Waals surface area (Å²) >= 11 is 7.71. The highest BCUT2D eigenvalue weighted by Crippen LogP contribution is 2.48. The van der Waals surface area contributed by atoms with Gasteiger partial charge in [-0.1, -0.05) is 18.0 Å². The van der Waals surface area contributed by atoms with Crippen LogP contribution in [0.1, 0.15) is 30.6 Å². The second kappa shape index (κ2) is 3.60. The van der Waals surface area contributed by atoms with Gasteiger partial charge in [0.25, 0.3) is 0 Å². The lowest BCUT2D eigenvalue weighted by atomic mass is 9.66. The van der Waals surface area contributed by atoms with E-state index in [1.165, 1.54) is 24.1 Å². The molecule has 1 aromatic rings. The van der Waals surface area contributed by atoms with Gasteiger partial charge < -0.3 is 5.73 Å². The zero-order chi connectivity index (χ0) is 9.31. The summed E-state index contributed by atoms with van der Waals surface area (Å²) in [7, 11) is 0. The molecule has 1 heterocycles. The first-order valence-corrected chi connectivity index (χ1v) is 5.97. The summed E-state index contributed by atoms with van der Waals surface area (Å²) in [4.78, 5) is 1.44. The maximum atomic E-state index is 5.93. The van der Waals surface area contributed by atoms with Crippen LogP contribution in [0, 0.1) is 0 Å². The van der Waals surface area contributed by atoms with Crippen LogP contribution in [0.2, 0.25) is 5.02 Å². The fourth-order valence-electron chi connectivity index (χ4n) is 2.09. The van der Waals surface area contributed by atoms with Gasteiger partial charge in [-0.3, -0.25) is 0 Å². The zero-order valence-corrected chi connectivity index (χ0v) is 9.13. The summed E-state index contributed by atoms with van der Waals surface area (Å²) in [5.41, 5.74) is 6.04. The minimum absolute atomic E-state index is 0.395. The van der Waals surface area contributed by atoms with E-state index in [1.807, 2.05) is 5.38 Å². The highest BCUT2D eigenvalue weighted by atomic mass is 35.5. The van der Waals surface area contributed by atoms with Gasteiger partial charge in [0, 0.05) is 15.7 Å². The van der Waals surface area contributed by atoms with Crippen molar-refractivity contribution in [3.8, 4) is 0 Å². The molecule has 2 rings (SSSR count). The maximum absolute atomic E-state index is 5.93. The predicted molar refractivity (Wildman–Crippen MR) is 58.5 cm³/mol. The Morgan fingerprint density at radius 3 is 2.69 bits per heavy atom. The number of hydrogen-bond donors (Lipinski definition) is 1. The molecular formula is C10H14ClNS. The van der Waals surface area contributed by atoms with Crippen molar-refractivity contribution >= 4 is 22.9 Å². The van der Waals surface area contributed by atoms with Crippen LogP contribution in [0.5, 0.6) is 0 Å². The smallest absolute Gasteiger partial charge is 0.0515 e. The number of hydrogen-bond acceptors (Lipinski definition) is 2. The number of rotatable bonds is 3. The van der Waals surface area contributed by atoms with Gasteiger partial charge in [-0.15, -0.1) is 11.3 Å². The maximum Gasteiger partial charge on any atom is 0.0515 e. The van der Waals surface area contributed by atoms with Crippen molar-refractivity contribution in [2.75, 3.05) is 6.54 Å². The summed E-state index contributed by atoms with van der Waals surface area (Å²) in [6.07, 6.45) is 5.04. The van der Waals surface area contributed by atoms with Gasteiger partial charge in [0.15, 0.2) is 0 Å². The Labute approximate surface area is 87.9 Å². The molecule has 0 saturated heterocycles. The number of nitrogens with two attached hydrogens (primary N) is 1. The molecule has 2 N–H and O–H groups in total. The average molecular weight is 216 g/mol. The highest BCUT2D eigenvalue weighted by molar-refractivity contribution is 7.10. The molecule has 1 fully saturated rings. The van der Waals surface area contributed by atoms with Gasteiger partial charge in [-0.25, -0.2) is 0 Å². The van der Waals surface area contributed by atoms with Crippen LogP contribution in [0.25, 0.3) is 0 Å². The van der Waals surface area contributed by atoms with Crippen molar-refractivity contribution in [3.63, 3.8) is 0 Å². The molecule has 0 amide bonds. The van der Waals surface area contributed by atoms with Crippen LogP contribution in [0.15, 0.2) is 11.4 Å². The predicted octanol–water partition coefficient (Wildman–Crippen LogP) is 3.17. The van der Waals surface area contributed by atoms with Gasteiger partial charge in [-0.2, -0.15) is 0 Å². The van der Waals surface area contributed by atoms with Crippen LogP contribution in [0.3, 0.4) is 0 Å². The van der Waals surface area contributed by atoms with Crippen LogP contribution in [-0.2, 0) is 5.41 Å². The molecule has 3 heteroatoms. The third kappa shape index (κ3) is 1.63. The van der Waals surface area contributed by atoms with Crippen molar-refractivity contribution in [1.82, 2.24) is 0 Å². The Morgan fingerprint density at radius 1 is 1.54 bits per heavy atom. The van der Waals surface area contributed by atoms with Gasteiger partial charge in [0.2, 0.25) is 0 Å². The topological polar surface area (TPSA) is 26.0 Å². The molecule has 0 unspecified atom stereocenters. The van der Waals surface area contributed by atoms with Crippen molar-refractivity contribution in [1.29, 1.82) is 0 Å². The zero-order valence-electron chi connectivity index (χ0n) is 7.55. The third-order valence-corrected chi connectivity index (χ3v) is 4.55. The Bertz CT molecular complexity index is 291. The molecule has 1 aromatic heterocycles. The first kappa shape index (κ1) is 9.50. The lowest BCUT2D eigenvalue weighted by Crippen LogP contribution is -2.35. The quantitative estimate of drug-likeness (QED) is 0.824.